The van der Waals surface area contributed by atoms with E-state index in [1.165, 1.54) is 38.5 Å². The summed E-state index contributed by atoms with van der Waals surface area (Å²) < 4.78 is 0. The molecular formula is C18H26O3. The van der Waals surface area contributed by atoms with Crippen LogP contribution in [-0.2, 0) is 0 Å². The highest BCUT2D eigenvalue weighted by atomic mass is 16.3. The molecule has 2 fully saturated rings. The number of hydrogen-bond donors (Lipinski definition) is 3. The Kier molecular flexibility index (Phi) is 4.27. The largest absolute Gasteiger partial charge is 0.504 e. The first-order valence-electron chi connectivity index (χ1n) is 8.46. The molecule has 3 heteroatoms. The van der Waals surface area contributed by atoms with E-state index in [-0.39, 0.29) is 17.2 Å². The van der Waals surface area contributed by atoms with E-state index >= 15 is 0 Å². The second-order valence-electron chi connectivity index (χ2n) is 6.77. The molecule has 0 amide bonds. The lowest BCUT2D eigenvalue weighted by molar-refractivity contribution is 0.345. The van der Waals surface area contributed by atoms with Gasteiger partial charge in [0.1, 0.15) is 0 Å². The Labute approximate surface area is 126 Å². The van der Waals surface area contributed by atoms with Crippen molar-refractivity contribution in [2.75, 3.05) is 0 Å². The second kappa shape index (κ2) is 6.17. The van der Waals surface area contributed by atoms with Crippen molar-refractivity contribution in [3.63, 3.8) is 0 Å². The van der Waals surface area contributed by atoms with Crippen LogP contribution in [0.4, 0.5) is 0 Å². The molecule has 0 unspecified atom stereocenters. The molecule has 2 aliphatic rings. The molecule has 3 rings (SSSR count). The van der Waals surface area contributed by atoms with Crippen LogP contribution in [0, 0.1) is 0 Å². The van der Waals surface area contributed by atoms with Crippen molar-refractivity contribution >= 4 is 0 Å². The third kappa shape index (κ3) is 2.83. The van der Waals surface area contributed by atoms with Gasteiger partial charge >= 0.3 is 0 Å². The van der Waals surface area contributed by atoms with Crippen molar-refractivity contribution in [1.29, 1.82) is 0 Å². The Morgan fingerprint density at radius 2 is 0.952 bits per heavy atom. The van der Waals surface area contributed by atoms with Gasteiger partial charge < -0.3 is 15.3 Å². The van der Waals surface area contributed by atoms with E-state index in [9.17, 15) is 15.3 Å². The molecule has 0 bridgehead atoms. The molecule has 0 saturated heterocycles. The Bertz CT molecular complexity index is 455. The number of phenolic OH excluding ortho intramolecular Hbond substituents is 3. The van der Waals surface area contributed by atoms with Crippen LogP contribution in [0.25, 0.3) is 0 Å². The van der Waals surface area contributed by atoms with Gasteiger partial charge in [-0.3, -0.25) is 0 Å². The quantitative estimate of drug-likeness (QED) is 0.679. The van der Waals surface area contributed by atoms with Crippen molar-refractivity contribution in [1.82, 2.24) is 0 Å². The lowest BCUT2D eigenvalue weighted by atomic mass is 9.79. The lowest BCUT2D eigenvalue weighted by Gasteiger charge is -2.27. The van der Waals surface area contributed by atoms with Gasteiger partial charge in [-0.05, 0) is 43.6 Å². The van der Waals surface area contributed by atoms with Crippen LogP contribution >= 0.6 is 0 Å². The summed E-state index contributed by atoms with van der Waals surface area (Å²) >= 11 is 0. The SMILES string of the molecule is Oc1c(C2CCCCC2)cc(C2CCCCC2)c(O)c1O. The number of rotatable bonds is 2. The van der Waals surface area contributed by atoms with Gasteiger partial charge in [-0.15, -0.1) is 0 Å². The molecule has 3 N–H and O–H groups in total. The molecule has 0 radical (unpaired) electrons. The molecule has 1 aromatic rings. The minimum atomic E-state index is -0.307. The van der Waals surface area contributed by atoms with E-state index in [0.717, 1.165) is 36.8 Å². The zero-order valence-corrected chi connectivity index (χ0v) is 12.6. The van der Waals surface area contributed by atoms with Crippen molar-refractivity contribution in [2.45, 2.75) is 76.0 Å². The van der Waals surface area contributed by atoms with Crippen LogP contribution in [0.1, 0.15) is 87.2 Å². The number of benzene rings is 1. The summed E-state index contributed by atoms with van der Waals surface area (Å²) in [6, 6.07) is 1.98. The minimum Gasteiger partial charge on any atom is -0.504 e. The molecule has 0 aliphatic heterocycles. The Balaban J connectivity index is 1.97. The summed E-state index contributed by atoms with van der Waals surface area (Å²) in [6.45, 7) is 0. The molecule has 0 atom stereocenters. The molecule has 21 heavy (non-hydrogen) atoms. The van der Waals surface area contributed by atoms with Crippen molar-refractivity contribution < 1.29 is 15.3 Å². The van der Waals surface area contributed by atoms with Crippen LogP contribution in [0.2, 0.25) is 0 Å². The fourth-order valence-corrected chi connectivity index (χ4v) is 4.14. The fraction of sp³-hybridized carbons (Fsp3) is 0.667. The zero-order chi connectivity index (χ0) is 14.8. The first-order valence-corrected chi connectivity index (χ1v) is 8.46. The van der Waals surface area contributed by atoms with Crippen LogP contribution in [-0.4, -0.2) is 15.3 Å². The molecule has 2 saturated carbocycles. The van der Waals surface area contributed by atoms with Crippen LogP contribution < -0.4 is 0 Å². The normalized spacial score (nSPS) is 21.5. The second-order valence-corrected chi connectivity index (χ2v) is 6.77. The third-order valence-corrected chi connectivity index (χ3v) is 5.40. The molecular weight excluding hydrogens is 264 g/mol. The fourth-order valence-electron chi connectivity index (χ4n) is 4.14. The first-order chi connectivity index (χ1) is 10.2. The molecule has 0 aromatic heterocycles. The van der Waals surface area contributed by atoms with Gasteiger partial charge in [0.15, 0.2) is 11.5 Å². The maximum Gasteiger partial charge on any atom is 0.200 e. The maximum absolute atomic E-state index is 10.2. The molecule has 1 aromatic carbocycles. The summed E-state index contributed by atoms with van der Waals surface area (Å²) in [6.07, 6.45) is 11.5. The van der Waals surface area contributed by atoms with E-state index in [4.69, 9.17) is 0 Å². The van der Waals surface area contributed by atoms with Gasteiger partial charge in [-0.25, -0.2) is 0 Å². The average Bonchev–Trinajstić information content (AvgIpc) is 2.55. The molecule has 116 valence electrons. The third-order valence-electron chi connectivity index (χ3n) is 5.40. The van der Waals surface area contributed by atoms with Crippen molar-refractivity contribution in [3.05, 3.63) is 17.2 Å². The Morgan fingerprint density at radius 1 is 0.571 bits per heavy atom. The van der Waals surface area contributed by atoms with E-state index in [0.29, 0.717) is 11.8 Å². The van der Waals surface area contributed by atoms with E-state index < -0.39 is 0 Å². The van der Waals surface area contributed by atoms with Gasteiger partial charge in [0.2, 0.25) is 5.75 Å². The first kappa shape index (κ1) is 14.6. The highest BCUT2D eigenvalue weighted by Gasteiger charge is 2.27. The predicted octanol–water partition coefficient (Wildman–Crippen LogP) is 4.90. The monoisotopic (exact) mass is 290 g/mol. The summed E-state index contributed by atoms with van der Waals surface area (Å²) in [7, 11) is 0. The molecule has 3 nitrogen and oxygen atoms in total. The highest BCUT2D eigenvalue weighted by Crippen LogP contribution is 2.50. The van der Waals surface area contributed by atoms with Crippen molar-refractivity contribution in [2.24, 2.45) is 0 Å². The Hall–Kier alpha value is -1.38. The summed E-state index contributed by atoms with van der Waals surface area (Å²) in [5, 5.41) is 30.6. The van der Waals surface area contributed by atoms with Crippen LogP contribution in [0.15, 0.2) is 6.07 Å². The molecule has 0 heterocycles. The van der Waals surface area contributed by atoms with Gasteiger partial charge in [0.25, 0.3) is 0 Å². The van der Waals surface area contributed by atoms with Gasteiger partial charge in [0, 0.05) is 11.1 Å². The van der Waals surface area contributed by atoms with E-state index in [2.05, 4.69) is 0 Å². The highest BCUT2D eigenvalue weighted by molar-refractivity contribution is 5.59. The van der Waals surface area contributed by atoms with Gasteiger partial charge in [-0.1, -0.05) is 38.5 Å². The van der Waals surface area contributed by atoms with E-state index in [1.54, 1.807) is 0 Å². The molecule has 2 aliphatic carbocycles. The zero-order valence-electron chi connectivity index (χ0n) is 12.6. The standard InChI is InChI=1S/C18H26O3/c19-16-14(12-7-3-1-4-8-12)11-15(17(20)18(16)21)13-9-5-2-6-10-13/h11-13,19-21H,1-10H2. The lowest BCUT2D eigenvalue weighted by Crippen LogP contribution is -2.09. The summed E-state index contributed by atoms with van der Waals surface area (Å²) in [5.41, 5.74) is 1.70. The topological polar surface area (TPSA) is 60.7 Å². The minimum absolute atomic E-state index is 0.0982. The molecule has 0 spiro atoms. The predicted molar refractivity (Wildman–Crippen MR) is 83.1 cm³/mol. The van der Waals surface area contributed by atoms with Gasteiger partial charge in [-0.2, -0.15) is 0 Å². The van der Waals surface area contributed by atoms with Crippen LogP contribution in [0.3, 0.4) is 0 Å². The van der Waals surface area contributed by atoms with Gasteiger partial charge in [0.05, 0.1) is 0 Å². The van der Waals surface area contributed by atoms with Crippen LogP contribution in [0.5, 0.6) is 17.2 Å². The average molecular weight is 290 g/mol. The maximum atomic E-state index is 10.2. The smallest absolute Gasteiger partial charge is 0.200 e. The number of aromatic hydroxyl groups is 3. The summed E-state index contributed by atoms with van der Waals surface area (Å²) in [5.74, 6) is 0.150. The Morgan fingerprint density at radius 3 is 1.33 bits per heavy atom. The number of phenols is 3. The van der Waals surface area contributed by atoms with Crippen molar-refractivity contribution in [3.8, 4) is 17.2 Å². The van der Waals surface area contributed by atoms with E-state index in [1.807, 2.05) is 6.07 Å². The summed E-state index contributed by atoms with van der Waals surface area (Å²) in [4.78, 5) is 0. The number of hydrogen-bond acceptors (Lipinski definition) is 3.